The molecule has 47 heavy (non-hydrogen) atoms. The maximum Gasteiger partial charge on any atom is 0.528 e. The molecule has 0 saturated heterocycles. The van der Waals surface area contributed by atoms with E-state index >= 15 is 0 Å². The number of para-hydroxylation sites is 1. The largest absolute Gasteiger partial charge is 0.528 e. The fraction of sp³-hybridized carbons (Fsp3) is 0.263. The number of phosphoric ester groups is 1. The zero-order valence-electron chi connectivity index (χ0n) is 27.5. The summed E-state index contributed by atoms with van der Waals surface area (Å²) in [5, 5.41) is 3.29. The highest BCUT2D eigenvalue weighted by atomic mass is 31.2. The van der Waals surface area contributed by atoms with Gasteiger partial charge in [0.25, 0.3) is 5.91 Å². The van der Waals surface area contributed by atoms with E-state index in [9.17, 15) is 19.0 Å². The molecule has 244 valence electrons. The molecule has 2 atom stereocenters. The molecule has 0 aliphatic carbocycles. The van der Waals surface area contributed by atoms with Crippen molar-refractivity contribution in [1.29, 1.82) is 0 Å². The predicted octanol–water partition coefficient (Wildman–Crippen LogP) is 8.86. The van der Waals surface area contributed by atoms with Crippen LogP contribution in [0, 0.1) is 0 Å². The number of H-pyrrole nitrogens is 1. The normalized spacial score (nSPS) is 13.9. The van der Waals surface area contributed by atoms with E-state index in [0.29, 0.717) is 28.6 Å². The second-order valence-electron chi connectivity index (χ2n) is 13.7. The van der Waals surface area contributed by atoms with E-state index in [2.05, 4.69) is 10.3 Å². The second-order valence-corrected chi connectivity index (χ2v) is 15.0. The predicted molar refractivity (Wildman–Crippen MR) is 187 cm³/mol. The minimum absolute atomic E-state index is 0.0614. The lowest BCUT2D eigenvalue weighted by Gasteiger charge is -2.30. The van der Waals surface area contributed by atoms with Crippen LogP contribution in [0.25, 0.3) is 10.9 Å². The number of nitrogens with one attached hydrogen (secondary N) is 2. The van der Waals surface area contributed by atoms with Gasteiger partial charge in [0.05, 0.1) is 6.10 Å². The van der Waals surface area contributed by atoms with Gasteiger partial charge < -0.3 is 14.8 Å². The van der Waals surface area contributed by atoms with E-state index in [1.54, 1.807) is 30.3 Å². The number of hydrogen-bond donors (Lipinski definition) is 3. The van der Waals surface area contributed by atoms with Gasteiger partial charge in [-0.05, 0) is 45.7 Å². The topological polar surface area (TPSA) is 118 Å². The van der Waals surface area contributed by atoms with E-state index in [0.717, 1.165) is 16.7 Å². The van der Waals surface area contributed by atoms with Gasteiger partial charge in [0.1, 0.15) is 11.3 Å². The van der Waals surface area contributed by atoms with Crippen molar-refractivity contribution in [1.82, 2.24) is 4.98 Å². The molecule has 1 heterocycles. The maximum atomic E-state index is 13.8. The molecule has 5 rings (SSSR count). The van der Waals surface area contributed by atoms with Crippen LogP contribution in [0.2, 0.25) is 0 Å². The lowest BCUT2D eigenvalue weighted by Crippen LogP contribution is -2.25. The number of anilines is 1. The summed E-state index contributed by atoms with van der Waals surface area (Å²) in [6.45, 7) is 11.9. The van der Waals surface area contributed by atoms with E-state index in [1.165, 1.54) is 6.20 Å². The van der Waals surface area contributed by atoms with Gasteiger partial charge in [0, 0.05) is 40.8 Å². The van der Waals surface area contributed by atoms with Gasteiger partial charge in [-0.2, -0.15) is 0 Å². The molecule has 4 aromatic carbocycles. The average molecular weight is 653 g/mol. The molecule has 0 saturated carbocycles. The first-order valence-corrected chi connectivity index (χ1v) is 17.0. The van der Waals surface area contributed by atoms with Crippen LogP contribution < -0.4 is 15.3 Å². The smallest absolute Gasteiger partial charge is 0.404 e. The Morgan fingerprint density at radius 1 is 0.851 bits per heavy atom. The Morgan fingerprint density at radius 2 is 1.45 bits per heavy atom. The van der Waals surface area contributed by atoms with Gasteiger partial charge in [0.15, 0.2) is 0 Å². The summed E-state index contributed by atoms with van der Waals surface area (Å²) >= 11 is 0. The van der Waals surface area contributed by atoms with Crippen LogP contribution in [0.4, 0.5) is 5.69 Å². The van der Waals surface area contributed by atoms with Crippen molar-refractivity contribution in [2.75, 3.05) is 5.32 Å². The number of aromatic amines is 1. The molecule has 0 spiro atoms. The Balaban J connectivity index is 1.54. The number of carbonyl (C=O) groups excluding carboxylic acids is 1. The van der Waals surface area contributed by atoms with Crippen molar-refractivity contribution in [3.63, 3.8) is 0 Å². The van der Waals surface area contributed by atoms with Gasteiger partial charge in [-0.3, -0.25) is 19.0 Å². The minimum atomic E-state index is -4.74. The Morgan fingerprint density at radius 3 is 2.09 bits per heavy atom. The zero-order valence-corrected chi connectivity index (χ0v) is 28.4. The summed E-state index contributed by atoms with van der Waals surface area (Å²) in [5.41, 5.74) is 2.60. The van der Waals surface area contributed by atoms with E-state index in [1.807, 2.05) is 108 Å². The number of rotatable bonds is 9. The standard InChI is InChI=1S/C38H41N2O6P/c1-37(2,3)29-22-30(38(4,5)6)34(23-32(29)40-36(42)28-24-39-31-20-14-13-19-27(31)35(28)41)46-47(43,44)45-33(26-17-11-8-12-18-26)21-25-15-9-7-10-16-25/h7-20,22-24,33H,21H2,1-6H3,(H,39,41)(H,40,42)(H,43,44). The molecule has 0 aliphatic heterocycles. The van der Waals surface area contributed by atoms with Crippen LogP contribution in [-0.4, -0.2) is 15.8 Å². The summed E-state index contributed by atoms with van der Waals surface area (Å²) in [4.78, 5) is 41.1. The van der Waals surface area contributed by atoms with Crippen molar-refractivity contribution in [3.8, 4) is 5.75 Å². The number of carbonyl (C=O) groups is 1. The lowest BCUT2D eigenvalue weighted by atomic mass is 9.79. The van der Waals surface area contributed by atoms with E-state index in [-0.39, 0.29) is 11.3 Å². The fourth-order valence-corrected chi connectivity index (χ4v) is 6.47. The Labute approximate surface area is 275 Å². The summed E-state index contributed by atoms with van der Waals surface area (Å²) in [6.07, 6.45) is 0.958. The molecule has 9 heteroatoms. The Kier molecular flexibility index (Phi) is 9.60. The molecule has 0 fully saturated rings. The van der Waals surface area contributed by atoms with Gasteiger partial charge in [-0.15, -0.1) is 0 Å². The third kappa shape index (κ3) is 8.09. The number of benzene rings is 4. The number of pyridine rings is 1. The number of amides is 1. The Hall–Kier alpha value is -4.49. The molecular weight excluding hydrogens is 611 g/mol. The molecule has 0 radical (unpaired) electrons. The minimum Gasteiger partial charge on any atom is -0.404 e. The monoisotopic (exact) mass is 652 g/mol. The fourth-order valence-electron chi connectivity index (χ4n) is 5.51. The highest BCUT2D eigenvalue weighted by Gasteiger charge is 2.34. The summed E-state index contributed by atoms with van der Waals surface area (Å²) in [7, 11) is -4.74. The van der Waals surface area contributed by atoms with Crippen LogP contribution in [0.1, 0.15) is 80.3 Å². The molecule has 1 aromatic heterocycles. The molecular formula is C38H41N2O6P. The molecule has 2 unspecified atom stereocenters. The summed E-state index contributed by atoms with van der Waals surface area (Å²) < 4.78 is 25.6. The summed E-state index contributed by atoms with van der Waals surface area (Å²) in [6, 6.07) is 29.2. The average Bonchev–Trinajstić information content (AvgIpc) is 3.00. The van der Waals surface area contributed by atoms with Crippen LogP contribution in [0.15, 0.2) is 108 Å². The van der Waals surface area contributed by atoms with Crippen molar-refractivity contribution in [3.05, 3.63) is 141 Å². The van der Waals surface area contributed by atoms with Gasteiger partial charge >= 0.3 is 7.82 Å². The first-order valence-electron chi connectivity index (χ1n) is 15.5. The van der Waals surface area contributed by atoms with Gasteiger partial charge in [0.2, 0.25) is 5.43 Å². The van der Waals surface area contributed by atoms with Crippen LogP contribution in [-0.2, 0) is 26.3 Å². The van der Waals surface area contributed by atoms with Gasteiger partial charge in [-0.25, -0.2) is 4.57 Å². The lowest BCUT2D eigenvalue weighted by molar-refractivity contribution is 0.102. The highest BCUT2D eigenvalue weighted by molar-refractivity contribution is 7.47. The number of hydrogen-bond acceptors (Lipinski definition) is 5. The van der Waals surface area contributed by atoms with Crippen molar-refractivity contribution in [2.45, 2.75) is 64.9 Å². The quantitative estimate of drug-likeness (QED) is 0.137. The molecule has 1 amide bonds. The first kappa shape index (κ1) is 33.9. The third-order valence-corrected chi connectivity index (χ3v) is 8.87. The first-order chi connectivity index (χ1) is 22.1. The molecule has 0 bridgehead atoms. The summed E-state index contributed by atoms with van der Waals surface area (Å²) in [5.74, 6) is -0.530. The van der Waals surface area contributed by atoms with Crippen LogP contribution in [0.3, 0.4) is 0 Å². The van der Waals surface area contributed by atoms with E-state index in [4.69, 9.17) is 9.05 Å². The van der Waals surface area contributed by atoms with Crippen molar-refractivity contribution < 1.29 is 23.3 Å². The zero-order chi connectivity index (χ0) is 34.0. The van der Waals surface area contributed by atoms with Gasteiger partial charge in [-0.1, -0.05) is 114 Å². The molecule has 5 aromatic rings. The second kappa shape index (κ2) is 13.3. The number of aromatic nitrogens is 1. The van der Waals surface area contributed by atoms with E-state index < -0.39 is 36.1 Å². The highest BCUT2D eigenvalue weighted by Crippen LogP contribution is 2.52. The molecule has 3 N–H and O–H groups in total. The molecule has 0 aliphatic rings. The number of phosphoric acid groups is 1. The Bertz CT molecular complexity index is 1990. The van der Waals surface area contributed by atoms with Crippen molar-refractivity contribution >= 4 is 30.3 Å². The van der Waals surface area contributed by atoms with Crippen molar-refractivity contribution in [2.24, 2.45) is 0 Å². The number of fused-ring (bicyclic) bond motifs is 1. The molecule has 8 nitrogen and oxygen atoms in total. The maximum absolute atomic E-state index is 13.8. The third-order valence-electron chi connectivity index (χ3n) is 7.93. The van der Waals surface area contributed by atoms with Crippen LogP contribution >= 0.6 is 7.82 Å². The SMILES string of the molecule is CC(C)(C)c1cc(C(C)(C)C)c(OP(=O)(O)OC(Cc2ccccc2)c2ccccc2)cc1NC(=O)c1c[nH]c2ccccc2c1=O. The van der Waals surface area contributed by atoms with Crippen LogP contribution in [0.5, 0.6) is 5.75 Å².